The lowest BCUT2D eigenvalue weighted by Crippen LogP contribution is -2.25. The molecule has 1 amide bonds. The van der Waals surface area contributed by atoms with Crippen LogP contribution in [0.1, 0.15) is 10.4 Å². The molecule has 5 nitrogen and oxygen atoms in total. The lowest BCUT2D eigenvalue weighted by Gasteiger charge is -2.16. The van der Waals surface area contributed by atoms with Crippen LogP contribution in [0.4, 0.5) is 5.69 Å². The van der Waals surface area contributed by atoms with Gasteiger partial charge in [-0.05, 0) is 24.3 Å². The van der Waals surface area contributed by atoms with Gasteiger partial charge in [-0.2, -0.15) is 5.10 Å². The molecule has 0 atom stereocenters. The van der Waals surface area contributed by atoms with Crippen molar-refractivity contribution < 1.29 is 9.90 Å². The first-order chi connectivity index (χ1) is 9.66. The van der Waals surface area contributed by atoms with Crippen LogP contribution in [0.5, 0.6) is 5.75 Å². The number of aromatic hydroxyl groups is 1. The zero-order valence-corrected chi connectivity index (χ0v) is 10.9. The summed E-state index contributed by atoms with van der Waals surface area (Å²) in [6.07, 6.45) is 3.34. The van der Waals surface area contributed by atoms with E-state index < -0.39 is 0 Å². The highest BCUT2D eigenvalue weighted by molar-refractivity contribution is 6.10. The Morgan fingerprint density at radius 1 is 1.25 bits per heavy atom. The minimum absolute atomic E-state index is 0.127. The summed E-state index contributed by atoms with van der Waals surface area (Å²) in [5.74, 6) is -0.0428. The van der Waals surface area contributed by atoms with E-state index in [4.69, 9.17) is 0 Å². The first-order valence-electron chi connectivity index (χ1n) is 6.16. The van der Waals surface area contributed by atoms with Gasteiger partial charge < -0.3 is 10.0 Å². The second kappa shape index (κ2) is 4.70. The summed E-state index contributed by atoms with van der Waals surface area (Å²) < 4.78 is 1.66. The normalized spacial score (nSPS) is 10.7. The number of fused-ring (bicyclic) bond motifs is 1. The monoisotopic (exact) mass is 267 g/mol. The number of pyridine rings is 1. The van der Waals surface area contributed by atoms with Gasteiger partial charge in [0.05, 0.1) is 17.3 Å². The van der Waals surface area contributed by atoms with Crippen LogP contribution in [-0.4, -0.2) is 27.7 Å². The fraction of sp³-hybridized carbons (Fsp3) is 0.0667. The Kier molecular flexibility index (Phi) is 2.87. The summed E-state index contributed by atoms with van der Waals surface area (Å²) in [7, 11) is 1.67. The molecule has 0 aliphatic heterocycles. The van der Waals surface area contributed by atoms with E-state index in [1.165, 1.54) is 4.90 Å². The number of carbonyl (C=O) groups is 1. The Morgan fingerprint density at radius 2 is 2.10 bits per heavy atom. The van der Waals surface area contributed by atoms with Gasteiger partial charge in [0, 0.05) is 25.0 Å². The molecular formula is C15H13N3O2. The molecule has 2 heterocycles. The molecule has 3 rings (SSSR count). The van der Waals surface area contributed by atoms with Crippen molar-refractivity contribution in [3.63, 3.8) is 0 Å². The molecule has 100 valence electrons. The van der Waals surface area contributed by atoms with Gasteiger partial charge in [0.25, 0.3) is 5.91 Å². The maximum Gasteiger partial charge on any atom is 0.261 e. The number of carbonyl (C=O) groups excluding carboxylic acids is 1. The zero-order valence-electron chi connectivity index (χ0n) is 10.9. The number of hydrogen-bond donors (Lipinski definition) is 1. The maximum atomic E-state index is 12.5. The minimum Gasteiger partial charge on any atom is -0.508 e. The van der Waals surface area contributed by atoms with Crippen molar-refractivity contribution in [2.45, 2.75) is 0 Å². The maximum absolute atomic E-state index is 12.5. The van der Waals surface area contributed by atoms with Crippen LogP contribution in [0.15, 0.2) is 54.9 Å². The molecule has 1 N–H and O–H groups in total. The molecule has 3 aromatic rings. The van der Waals surface area contributed by atoms with Crippen LogP contribution in [0.3, 0.4) is 0 Å². The van der Waals surface area contributed by atoms with Crippen molar-refractivity contribution in [3.8, 4) is 5.75 Å². The van der Waals surface area contributed by atoms with E-state index in [-0.39, 0.29) is 11.7 Å². The first-order valence-corrected chi connectivity index (χ1v) is 6.16. The van der Waals surface area contributed by atoms with E-state index >= 15 is 0 Å². The predicted octanol–water partition coefficient (Wildman–Crippen LogP) is 2.32. The Labute approximate surface area is 115 Å². The van der Waals surface area contributed by atoms with Crippen LogP contribution < -0.4 is 4.90 Å². The highest BCUT2D eigenvalue weighted by atomic mass is 16.3. The average Bonchev–Trinajstić information content (AvgIpc) is 2.89. The van der Waals surface area contributed by atoms with Crippen molar-refractivity contribution >= 4 is 17.1 Å². The largest absolute Gasteiger partial charge is 0.508 e. The van der Waals surface area contributed by atoms with Gasteiger partial charge in [0.1, 0.15) is 5.75 Å². The molecule has 0 aliphatic rings. The van der Waals surface area contributed by atoms with E-state index in [9.17, 15) is 9.90 Å². The molecule has 0 saturated carbocycles. The number of anilines is 1. The molecule has 0 bridgehead atoms. The topological polar surface area (TPSA) is 57.8 Å². The number of rotatable bonds is 2. The standard InChI is InChI=1S/C15H13N3O2/c1-17(11-5-4-6-12(19)9-11)15(20)13-10-16-18-8-3-2-7-14(13)18/h2-10,19H,1H3. The van der Waals surface area contributed by atoms with Crippen LogP contribution in [0, 0.1) is 0 Å². The van der Waals surface area contributed by atoms with Crippen molar-refractivity contribution in [3.05, 3.63) is 60.4 Å². The van der Waals surface area contributed by atoms with E-state index in [0.29, 0.717) is 11.3 Å². The van der Waals surface area contributed by atoms with Crippen molar-refractivity contribution in [1.29, 1.82) is 0 Å². The summed E-state index contributed by atoms with van der Waals surface area (Å²) in [5, 5.41) is 13.6. The van der Waals surface area contributed by atoms with Crippen molar-refractivity contribution in [2.24, 2.45) is 0 Å². The number of phenols is 1. The number of nitrogens with zero attached hydrogens (tertiary/aromatic N) is 3. The van der Waals surface area contributed by atoms with Gasteiger partial charge in [-0.25, -0.2) is 4.52 Å². The second-order valence-corrected chi connectivity index (χ2v) is 4.47. The molecule has 0 unspecified atom stereocenters. The summed E-state index contributed by atoms with van der Waals surface area (Å²) in [6.45, 7) is 0. The Balaban J connectivity index is 2.00. The third kappa shape index (κ3) is 1.99. The molecule has 0 radical (unpaired) electrons. The molecule has 0 saturated heterocycles. The molecule has 20 heavy (non-hydrogen) atoms. The number of hydrogen-bond acceptors (Lipinski definition) is 3. The summed E-state index contributed by atoms with van der Waals surface area (Å²) in [6, 6.07) is 12.1. The Bertz CT molecular complexity index is 779. The Hall–Kier alpha value is -2.82. The van der Waals surface area contributed by atoms with Crippen molar-refractivity contribution in [1.82, 2.24) is 9.61 Å². The summed E-state index contributed by atoms with van der Waals surface area (Å²) in [4.78, 5) is 14.0. The van der Waals surface area contributed by atoms with E-state index in [1.807, 2.05) is 18.2 Å². The molecule has 0 aliphatic carbocycles. The molecular weight excluding hydrogens is 254 g/mol. The molecule has 0 spiro atoms. The van der Waals surface area contributed by atoms with Gasteiger partial charge in [-0.15, -0.1) is 0 Å². The minimum atomic E-state index is -0.170. The smallest absolute Gasteiger partial charge is 0.261 e. The summed E-state index contributed by atoms with van der Waals surface area (Å²) >= 11 is 0. The van der Waals surface area contributed by atoms with Crippen molar-refractivity contribution in [2.75, 3.05) is 11.9 Å². The van der Waals surface area contributed by atoms with Gasteiger partial charge in [0.2, 0.25) is 0 Å². The lowest BCUT2D eigenvalue weighted by atomic mass is 10.2. The van der Waals surface area contributed by atoms with Gasteiger partial charge in [0.15, 0.2) is 0 Å². The second-order valence-electron chi connectivity index (χ2n) is 4.47. The predicted molar refractivity (Wildman–Crippen MR) is 76.0 cm³/mol. The molecule has 5 heteroatoms. The third-order valence-electron chi connectivity index (χ3n) is 3.18. The molecule has 0 fully saturated rings. The summed E-state index contributed by atoms with van der Waals surface area (Å²) in [5.41, 5.74) is 1.91. The van der Waals surface area contributed by atoms with E-state index in [2.05, 4.69) is 5.10 Å². The highest BCUT2D eigenvalue weighted by Crippen LogP contribution is 2.21. The fourth-order valence-electron chi connectivity index (χ4n) is 2.10. The van der Waals surface area contributed by atoms with E-state index in [1.54, 1.807) is 48.2 Å². The highest BCUT2D eigenvalue weighted by Gasteiger charge is 2.18. The quantitative estimate of drug-likeness (QED) is 0.775. The number of amides is 1. The number of phenolic OH excluding ortho intramolecular Hbond substituents is 1. The van der Waals surface area contributed by atoms with Gasteiger partial charge in [-0.1, -0.05) is 12.1 Å². The third-order valence-corrected chi connectivity index (χ3v) is 3.18. The van der Waals surface area contributed by atoms with Crippen LogP contribution in [0.2, 0.25) is 0 Å². The SMILES string of the molecule is CN(C(=O)c1cnn2ccccc12)c1cccc(O)c1. The molecule has 1 aromatic carbocycles. The first kappa shape index (κ1) is 12.2. The van der Waals surface area contributed by atoms with Gasteiger partial charge >= 0.3 is 0 Å². The molecule has 2 aromatic heterocycles. The fourth-order valence-corrected chi connectivity index (χ4v) is 2.10. The number of aromatic nitrogens is 2. The Morgan fingerprint density at radius 3 is 2.90 bits per heavy atom. The van der Waals surface area contributed by atoms with Crippen LogP contribution in [0.25, 0.3) is 5.52 Å². The zero-order chi connectivity index (χ0) is 14.1. The van der Waals surface area contributed by atoms with Crippen LogP contribution >= 0.6 is 0 Å². The number of benzene rings is 1. The van der Waals surface area contributed by atoms with Gasteiger partial charge in [-0.3, -0.25) is 4.79 Å². The average molecular weight is 267 g/mol. The van der Waals surface area contributed by atoms with E-state index in [0.717, 1.165) is 5.52 Å². The lowest BCUT2D eigenvalue weighted by molar-refractivity contribution is 0.0994. The van der Waals surface area contributed by atoms with Crippen LogP contribution in [-0.2, 0) is 0 Å².